The zero-order chi connectivity index (χ0) is 22.7. The molecule has 1 atom stereocenters. The molecule has 4 rings (SSSR count). The first-order valence-electron chi connectivity index (χ1n) is 10.1. The second-order valence-corrected chi connectivity index (χ2v) is 8.40. The second-order valence-electron chi connectivity index (χ2n) is 7.41. The summed E-state index contributed by atoms with van der Waals surface area (Å²) in [5, 5.41) is 3.35. The van der Waals surface area contributed by atoms with Crippen molar-refractivity contribution in [3.05, 3.63) is 94.0 Å². The van der Waals surface area contributed by atoms with Crippen LogP contribution in [0.2, 0.25) is 0 Å². The fraction of sp³-hybridized carbons (Fsp3) is 0.208. The maximum Gasteiger partial charge on any atom is 0.279 e. The lowest BCUT2D eigenvalue weighted by molar-refractivity contribution is -0.116. The molecule has 8 heteroatoms. The number of carbonyl (C=O) groups is 1. The molecular weight excluding hydrogens is 429 g/mol. The molecule has 0 unspecified atom stereocenters. The second kappa shape index (κ2) is 9.40. The highest BCUT2D eigenvalue weighted by Crippen LogP contribution is 2.36. The van der Waals surface area contributed by atoms with Crippen molar-refractivity contribution in [1.29, 1.82) is 0 Å². The van der Waals surface area contributed by atoms with Gasteiger partial charge < -0.3 is 14.6 Å². The van der Waals surface area contributed by atoms with E-state index in [0.29, 0.717) is 28.0 Å². The van der Waals surface area contributed by atoms with Crippen LogP contribution in [0, 0.1) is 5.82 Å². The summed E-state index contributed by atoms with van der Waals surface area (Å²) >= 11 is 1.38. The number of nitrogens with one attached hydrogen (secondary N) is 1. The summed E-state index contributed by atoms with van der Waals surface area (Å²) in [6, 6.07) is 13.5. The number of fused-ring (bicyclic) bond motifs is 1. The minimum Gasteiger partial charge on any atom is -0.489 e. The molecule has 0 radical (unpaired) electrons. The summed E-state index contributed by atoms with van der Waals surface area (Å²) in [7, 11) is 1.78. The molecule has 1 aliphatic heterocycles. The first-order valence-corrected chi connectivity index (χ1v) is 11.1. The molecule has 1 aromatic heterocycles. The van der Waals surface area contributed by atoms with Crippen molar-refractivity contribution in [3.63, 3.8) is 0 Å². The average molecular weight is 452 g/mol. The van der Waals surface area contributed by atoms with Gasteiger partial charge in [0.1, 0.15) is 24.0 Å². The highest BCUT2D eigenvalue weighted by atomic mass is 32.2. The number of thioether (sulfide) groups is 1. The first kappa shape index (κ1) is 21.8. The van der Waals surface area contributed by atoms with Crippen LogP contribution in [0.5, 0.6) is 5.75 Å². The summed E-state index contributed by atoms with van der Waals surface area (Å²) in [5.74, 6) is 0.824. The van der Waals surface area contributed by atoms with E-state index in [4.69, 9.17) is 4.74 Å². The highest BCUT2D eigenvalue weighted by Gasteiger charge is 2.32. The van der Waals surface area contributed by atoms with E-state index in [1.165, 1.54) is 23.9 Å². The van der Waals surface area contributed by atoms with Crippen LogP contribution in [-0.2, 0) is 18.4 Å². The fourth-order valence-corrected chi connectivity index (χ4v) is 4.37. The normalized spacial score (nSPS) is 15.1. The van der Waals surface area contributed by atoms with Crippen molar-refractivity contribution in [2.45, 2.75) is 24.1 Å². The van der Waals surface area contributed by atoms with E-state index in [1.54, 1.807) is 42.0 Å². The van der Waals surface area contributed by atoms with Gasteiger partial charge in [-0.25, -0.2) is 4.39 Å². The predicted molar refractivity (Wildman–Crippen MR) is 123 cm³/mol. The Kier molecular flexibility index (Phi) is 6.41. The zero-order valence-corrected chi connectivity index (χ0v) is 18.3. The summed E-state index contributed by atoms with van der Waals surface area (Å²) < 4.78 is 20.8. The van der Waals surface area contributed by atoms with Crippen molar-refractivity contribution < 1.29 is 13.9 Å². The zero-order valence-electron chi connectivity index (χ0n) is 17.5. The standard InChI is InChI=1S/C24H22FN3O3S/c1-3-11-32-24-27-23(30)21-19(13-20(29)26-22(21)28(24)2)16-7-9-18(10-8-16)31-14-15-5-4-6-17(25)12-15/h3-10,12,19H,1,11,13-14H2,2H3,(H,26,29)/t19-/m0/s1. The van der Waals surface area contributed by atoms with E-state index in [0.717, 1.165) is 11.1 Å². The van der Waals surface area contributed by atoms with Crippen molar-refractivity contribution in [1.82, 2.24) is 9.55 Å². The molecule has 0 spiro atoms. The molecular formula is C24H22FN3O3S. The maximum absolute atomic E-state index is 13.3. The number of ether oxygens (including phenoxy) is 1. The van der Waals surface area contributed by atoms with E-state index in [9.17, 15) is 14.0 Å². The molecule has 0 saturated heterocycles. The molecule has 1 amide bonds. The topological polar surface area (TPSA) is 73.2 Å². The lowest BCUT2D eigenvalue weighted by Gasteiger charge is -2.27. The summed E-state index contributed by atoms with van der Waals surface area (Å²) in [6.45, 7) is 3.93. The largest absolute Gasteiger partial charge is 0.489 e. The summed E-state index contributed by atoms with van der Waals surface area (Å²) in [4.78, 5) is 29.5. The number of aromatic nitrogens is 2. The average Bonchev–Trinajstić information content (AvgIpc) is 2.79. The van der Waals surface area contributed by atoms with Gasteiger partial charge in [0.25, 0.3) is 5.56 Å². The minimum atomic E-state index is -0.402. The van der Waals surface area contributed by atoms with Gasteiger partial charge in [0.05, 0.1) is 5.56 Å². The van der Waals surface area contributed by atoms with Gasteiger partial charge in [-0.1, -0.05) is 42.1 Å². The number of carbonyl (C=O) groups excluding carboxylic acids is 1. The highest BCUT2D eigenvalue weighted by molar-refractivity contribution is 7.99. The number of rotatable bonds is 7. The molecule has 0 fully saturated rings. The first-order chi connectivity index (χ1) is 15.5. The lowest BCUT2D eigenvalue weighted by atomic mass is 9.87. The van der Waals surface area contributed by atoms with Gasteiger partial charge in [0.2, 0.25) is 5.91 Å². The molecule has 0 bridgehead atoms. The number of halogens is 1. The maximum atomic E-state index is 13.3. The van der Waals surface area contributed by atoms with Crippen molar-refractivity contribution in [2.75, 3.05) is 11.1 Å². The van der Waals surface area contributed by atoms with Crippen LogP contribution in [0.1, 0.15) is 29.0 Å². The smallest absolute Gasteiger partial charge is 0.279 e. The van der Waals surface area contributed by atoms with Crippen LogP contribution in [-0.4, -0.2) is 21.2 Å². The number of hydrogen-bond acceptors (Lipinski definition) is 5. The molecule has 6 nitrogen and oxygen atoms in total. The number of hydrogen-bond donors (Lipinski definition) is 1. The van der Waals surface area contributed by atoms with Crippen LogP contribution >= 0.6 is 11.8 Å². The summed E-state index contributed by atoms with van der Waals surface area (Å²) in [5.41, 5.74) is 1.68. The minimum absolute atomic E-state index is 0.158. The predicted octanol–water partition coefficient (Wildman–Crippen LogP) is 4.25. The van der Waals surface area contributed by atoms with Gasteiger partial charge in [0, 0.05) is 25.1 Å². The molecule has 1 aliphatic rings. The van der Waals surface area contributed by atoms with Crippen LogP contribution < -0.4 is 15.6 Å². The molecule has 2 heterocycles. The summed E-state index contributed by atoms with van der Waals surface area (Å²) in [6.07, 6.45) is 1.89. The van der Waals surface area contributed by atoms with Crippen molar-refractivity contribution in [3.8, 4) is 5.75 Å². The Morgan fingerprint density at radius 3 is 2.78 bits per heavy atom. The van der Waals surface area contributed by atoms with E-state index in [2.05, 4.69) is 16.9 Å². The number of anilines is 1. The number of nitrogens with zero attached hydrogens (tertiary/aromatic N) is 2. The van der Waals surface area contributed by atoms with Crippen molar-refractivity contribution >= 4 is 23.5 Å². The van der Waals surface area contributed by atoms with Gasteiger partial charge in [-0.05, 0) is 35.4 Å². The molecule has 32 heavy (non-hydrogen) atoms. The van der Waals surface area contributed by atoms with Gasteiger partial charge in [-0.2, -0.15) is 4.98 Å². The third-order valence-corrected chi connectivity index (χ3v) is 6.23. The van der Waals surface area contributed by atoms with Crippen molar-refractivity contribution in [2.24, 2.45) is 7.05 Å². The van der Waals surface area contributed by atoms with E-state index in [-0.39, 0.29) is 30.3 Å². The SMILES string of the molecule is C=CCSc1nc(=O)c2c(n1C)NC(=O)C[C@H]2c1ccc(OCc2cccc(F)c2)cc1. The van der Waals surface area contributed by atoms with Crippen LogP contribution in [0.25, 0.3) is 0 Å². The van der Waals surface area contributed by atoms with Crippen LogP contribution in [0.15, 0.2) is 71.1 Å². The van der Waals surface area contributed by atoms with E-state index >= 15 is 0 Å². The van der Waals surface area contributed by atoms with E-state index < -0.39 is 5.92 Å². The molecule has 1 N–H and O–H groups in total. The fourth-order valence-electron chi connectivity index (χ4n) is 3.67. The number of benzene rings is 2. The molecule has 2 aromatic carbocycles. The third kappa shape index (κ3) is 4.60. The Balaban J connectivity index is 1.59. The monoisotopic (exact) mass is 451 g/mol. The third-order valence-electron chi connectivity index (χ3n) is 5.21. The molecule has 3 aromatic rings. The Labute approximate surface area is 189 Å². The van der Waals surface area contributed by atoms with Gasteiger partial charge in [-0.15, -0.1) is 6.58 Å². The Morgan fingerprint density at radius 1 is 1.28 bits per heavy atom. The number of amides is 1. The van der Waals surface area contributed by atoms with Gasteiger partial charge in [-0.3, -0.25) is 9.59 Å². The Morgan fingerprint density at radius 2 is 2.06 bits per heavy atom. The van der Waals surface area contributed by atoms with Crippen LogP contribution in [0.4, 0.5) is 10.2 Å². The van der Waals surface area contributed by atoms with Crippen LogP contribution in [0.3, 0.4) is 0 Å². The van der Waals surface area contributed by atoms with E-state index in [1.807, 2.05) is 12.1 Å². The lowest BCUT2D eigenvalue weighted by Crippen LogP contribution is -2.33. The van der Waals surface area contributed by atoms with Gasteiger partial charge in [0.15, 0.2) is 5.16 Å². The van der Waals surface area contributed by atoms with Gasteiger partial charge >= 0.3 is 0 Å². The quantitative estimate of drug-likeness (QED) is 0.330. The Bertz CT molecular complexity index is 1220. The Hall–Kier alpha value is -3.39. The molecule has 0 aliphatic carbocycles. The molecule has 164 valence electrons. The molecule has 0 saturated carbocycles.